The topological polar surface area (TPSA) is 57.6 Å². The molecule has 4 nitrogen and oxygen atoms in total. The van der Waals surface area contributed by atoms with Gasteiger partial charge in [0, 0.05) is 11.9 Å². The Hall–Kier alpha value is -1.62. The molecule has 2 bridgehead atoms. The highest BCUT2D eigenvalue weighted by Gasteiger charge is 2.52. The minimum atomic E-state index is -0.845. The van der Waals surface area contributed by atoms with E-state index in [1.54, 1.807) is 23.3 Å². The minimum Gasteiger partial charge on any atom is -0.481 e. The third-order valence-corrected chi connectivity index (χ3v) is 5.96. The number of rotatable bonds is 4. The second kappa shape index (κ2) is 5.30. The average molecular weight is 305 g/mol. The van der Waals surface area contributed by atoms with Gasteiger partial charge in [0.25, 0.3) is 0 Å². The predicted octanol–water partition coefficient (Wildman–Crippen LogP) is 2.79. The van der Waals surface area contributed by atoms with Crippen LogP contribution < -0.4 is 0 Å². The normalized spacial score (nSPS) is 31.3. The maximum absolute atomic E-state index is 12.8. The highest BCUT2D eigenvalue weighted by molar-refractivity contribution is 7.10. The summed E-state index contributed by atoms with van der Waals surface area (Å²) in [6.45, 7) is 1.99. The smallest absolute Gasteiger partial charge is 0.307 e. The van der Waals surface area contributed by atoms with E-state index in [2.05, 4.69) is 0 Å². The van der Waals surface area contributed by atoms with Crippen molar-refractivity contribution in [3.63, 3.8) is 0 Å². The van der Waals surface area contributed by atoms with Gasteiger partial charge in [-0.15, -0.1) is 11.3 Å². The van der Waals surface area contributed by atoms with Gasteiger partial charge in [0.2, 0.25) is 5.91 Å². The summed E-state index contributed by atoms with van der Waals surface area (Å²) in [4.78, 5) is 27.2. The first kappa shape index (κ1) is 14.3. The Morgan fingerprint density at radius 2 is 2.00 bits per heavy atom. The predicted molar refractivity (Wildman–Crippen MR) is 80.9 cm³/mol. The maximum Gasteiger partial charge on any atom is 0.307 e. The van der Waals surface area contributed by atoms with Gasteiger partial charge in [0.05, 0.1) is 17.9 Å². The number of carbonyl (C=O) groups is 2. The van der Waals surface area contributed by atoms with Crippen LogP contribution in [0.1, 0.15) is 24.3 Å². The van der Waals surface area contributed by atoms with E-state index in [0.717, 1.165) is 11.3 Å². The van der Waals surface area contributed by atoms with Gasteiger partial charge in [-0.2, -0.15) is 0 Å². The number of hydrogen-bond donors (Lipinski definition) is 1. The van der Waals surface area contributed by atoms with E-state index in [4.69, 9.17) is 0 Å². The molecule has 5 atom stereocenters. The fourth-order valence-corrected chi connectivity index (χ4v) is 4.47. The molecule has 0 saturated heterocycles. The number of carboxylic acids is 1. The first-order valence-electron chi connectivity index (χ1n) is 7.22. The lowest BCUT2D eigenvalue weighted by atomic mass is 9.82. The number of carbonyl (C=O) groups excluding carboxylic acids is 1. The SMILES string of the molecule is CC(c1cccs1)N(C)C(=O)C1C2C=CC(C2)C1C(=O)O. The molecule has 1 heterocycles. The van der Waals surface area contributed by atoms with E-state index < -0.39 is 17.8 Å². The summed E-state index contributed by atoms with van der Waals surface area (Å²) in [6.07, 6.45) is 4.79. The second-order valence-electron chi connectivity index (χ2n) is 5.98. The third kappa shape index (κ3) is 2.29. The number of allylic oxidation sites excluding steroid dienone is 2. The maximum atomic E-state index is 12.8. The quantitative estimate of drug-likeness (QED) is 0.870. The molecule has 1 aromatic heterocycles. The lowest BCUT2D eigenvalue weighted by molar-refractivity contribution is -0.151. The number of thiophene rings is 1. The molecule has 1 saturated carbocycles. The summed E-state index contributed by atoms with van der Waals surface area (Å²) >= 11 is 1.62. The van der Waals surface area contributed by atoms with Crippen LogP contribution in [0.5, 0.6) is 0 Å². The van der Waals surface area contributed by atoms with Crippen molar-refractivity contribution in [1.82, 2.24) is 4.90 Å². The second-order valence-corrected chi connectivity index (χ2v) is 6.96. The van der Waals surface area contributed by atoms with Gasteiger partial charge in [0.1, 0.15) is 0 Å². The Morgan fingerprint density at radius 3 is 2.57 bits per heavy atom. The largest absolute Gasteiger partial charge is 0.481 e. The summed E-state index contributed by atoms with van der Waals surface area (Å²) in [5, 5.41) is 11.4. The van der Waals surface area contributed by atoms with Crippen LogP contribution in [0, 0.1) is 23.7 Å². The van der Waals surface area contributed by atoms with Crippen LogP contribution in [0.3, 0.4) is 0 Å². The molecule has 0 aliphatic heterocycles. The van der Waals surface area contributed by atoms with Crippen LogP contribution >= 0.6 is 11.3 Å². The molecule has 1 N–H and O–H groups in total. The van der Waals surface area contributed by atoms with Gasteiger partial charge in [-0.3, -0.25) is 9.59 Å². The summed E-state index contributed by atoms with van der Waals surface area (Å²) in [6, 6.07) is 3.96. The van der Waals surface area contributed by atoms with Gasteiger partial charge < -0.3 is 10.0 Å². The fourth-order valence-electron chi connectivity index (χ4n) is 3.64. The summed E-state index contributed by atoms with van der Waals surface area (Å²) < 4.78 is 0. The molecule has 5 heteroatoms. The zero-order chi connectivity index (χ0) is 15.1. The average Bonchev–Trinajstić information content (AvgIpc) is 3.18. The van der Waals surface area contributed by atoms with Crippen LogP contribution in [0.15, 0.2) is 29.7 Å². The van der Waals surface area contributed by atoms with E-state index in [9.17, 15) is 14.7 Å². The van der Waals surface area contributed by atoms with Crippen molar-refractivity contribution in [1.29, 1.82) is 0 Å². The molecule has 1 aromatic rings. The lowest BCUT2D eigenvalue weighted by Gasteiger charge is -2.31. The standard InChI is InChI=1S/C16H19NO3S/c1-9(12-4-3-7-21-12)17(2)15(18)13-10-5-6-11(8-10)14(13)16(19)20/h3-7,9-11,13-14H,8H2,1-2H3,(H,19,20). The van der Waals surface area contributed by atoms with Crippen LogP contribution in [-0.4, -0.2) is 28.9 Å². The Kier molecular flexibility index (Phi) is 3.61. The van der Waals surface area contributed by atoms with Crippen LogP contribution in [0.4, 0.5) is 0 Å². The number of nitrogens with zero attached hydrogens (tertiary/aromatic N) is 1. The number of fused-ring (bicyclic) bond motifs is 2. The van der Waals surface area contributed by atoms with E-state index >= 15 is 0 Å². The zero-order valence-electron chi connectivity index (χ0n) is 12.1. The Morgan fingerprint density at radius 1 is 1.33 bits per heavy atom. The molecule has 2 aliphatic carbocycles. The Bertz CT molecular complexity index is 580. The molecule has 1 amide bonds. The molecular weight excluding hydrogens is 286 g/mol. The summed E-state index contributed by atoms with van der Waals surface area (Å²) in [5.41, 5.74) is 0. The number of hydrogen-bond acceptors (Lipinski definition) is 3. The van der Waals surface area contributed by atoms with Crippen molar-refractivity contribution in [3.05, 3.63) is 34.5 Å². The van der Waals surface area contributed by atoms with Crippen molar-refractivity contribution in [2.24, 2.45) is 23.7 Å². The molecule has 0 spiro atoms. The lowest BCUT2D eigenvalue weighted by Crippen LogP contribution is -2.42. The highest BCUT2D eigenvalue weighted by atomic mass is 32.1. The highest BCUT2D eigenvalue weighted by Crippen LogP contribution is 2.49. The minimum absolute atomic E-state index is 0.0185. The van der Waals surface area contributed by atoms with Gasteiger partial charge in [-0.1, -0.05) is 18.2 Å². The van der Waals surface area contributed by atoms with Crippen molar-refractivity contribution in [2.45, 2.75) is 19.4 Å². The molecule has 0 radical (unpaired) electrons. The van der Waals surface area contributed by atoms with E-state index in [1.165, 1.54) is 0 Å². The number of carboxylic acid groups (broad SMARTS) is 1. The molecule has 2 aliphatic rings. The van der Waals surface area contributed by atoms with E-state index in [0.29, 0.717) is 0 Å². The first-order valence-corrected chi connectivity index (χ1v) is 8.10. The van der Waals surface area contributed by atoms with Crippen molar-refractivity contribution in [3.8, 4) is 0 Å². The van der Waals surface area contributed by atoms with Crippen molar-refractivity contribution in [2.75, 3.05) is 7.05 Å². The molecule has 1 fully saturated rings. The summed E-state index contributed by atoms with van der Waals surface area (Å²) in [5.74, 6) is -1.76. The molecule has 0 aromatic carbocycles. The first-order chi connectivity index (χ1) is 10.0. The molecule has 112 valence electrons. The summed E-state index contributed by atoms with van der Waals surface area (Å²) in [7, 11) is 1.78. The van der Waals surface area contributed by atoms with Gasteiger partial charge in [-0.25, -0.2) is 0 Å². The third-order valence-electron chi connectivity index (χ3n) is 4.91. The van der Waals surface area contributed by atoms with Crippen LogP contribution in [0.2, 0.25) is 0 Å². The molecular formula is C16H19NO3S. The van der Waals surface area contributed by atoms with Crippen LogP contribution in [-0.2, 0) is 9.59 Å². The molecule has 21 heavy (non-hydrogen) atoms. The Balaban J connectivity index is 1.81. The zero-order valence-corrected chi connectivity index (χ0v) is 12.9. The monoisotopic (exact) mass is 305 g/mol. The van der Waals surface area contributed by atoms with E-state index in [-0.39, 0.29) is 23.8 Å². The fraction of sp³-hybridized carbons (Fsp3) is 0.500. The van der Waals surface area contributed by atoms with Gasteiger partial charge in [0.15, 0.2) is 0 Å². The Labute approximate surface area is 128 Å². The molecule has 5 unspecified atom stereocenters. The number of aliphatic carboxylic acids is 1. The van der Waals surface area contributed by atoms with Crippen LogP contribution in [0.25, 0.3) is 0 Å². The van der Waals surface area contributed by atoms with Gasteiger partial charge in [-0.05, 0) is 36.6 Å². The van der Waals surface area contributed by atoms with Crippen molar-refractivity contribution >= 4 is 23.2 Å². The number of amides is 1. The van der Waals surface area contributed by atoms with E-state index in [1.807, 2.05) is 36.6 Å². The van der Waals surface area contributed by atoms with Gasteiger partial charge >= 0.3 is 5.97 Å². The molecule has 3 rings (SSSR count). The van der Waals surface area contributed by atoms with Crippen molar-refractivity contribution < 1.29 is 14.7 Å².